The predicted octanol–water partition coefficient (Wildman–Crippen LogP) is 1.08. The van der Waals surface area contributed by atoms with E-state index in [9.17, 15) is 4.79 Å². The molecule has 0 spiro atoms. The second kappa shape index (κ2) is 6.88. The Balaban J connectivity index is 2.55. The fourth-order valence-electron chi connectivity index (χ4n) is 1.38. The average Bonchev–Trinajstić information content (AvgIpc) is 2.38. The number of anilines is 1. The molecule has 0 saturated carbocycles. The normalized spacial score (nSPS) is 10.1. The Morgan fingerprint density at radius 3 is 2.59 bits per heavy atom. The maximum absolute atomic E-state index is 12.0. The molecule has 1 rings (SSSR count). The zero-order valence-corrected chi connectivity index (χ0v) is 10.3. The number of nitrogens with one attached hydrogen (secondary N) is 1. The lowest BCUT2D eigenvalue weighted by Gasteiger charge is -2.17. The van der Waals surface area contributed by atoms with Crippen LogP contribution in [-0.4, -0.2) is 37.6 Å². The number of nitrogen functional groups attached to an aromatic ring is 1. The van der Waals surface area contributed by atoms with Gasteiger partial charge >= 0.3 is 0 Å². The summed E-state index contributed by atoms with van der Waals surface area (Å²) in [6.07, 6.45) is 0. The first-order valence-corrected chi connectivity index (χ1v) is 5.59. The number of hydrogen-bond acceptors (Lipinski definition) is 4. The molecule has 0 aliphatic heterocycles. The van der Waals surface area contributed by atoms with Crippen LogP contribution in [0, 0.1) is 0 Å². The van der Waals surface area contributed by atoms with Crippen molar-refractivity contribution in [1.29, 1.82) is 0 Å². The van der Waals surface area contributed by atoms with Crippen LogP contribution in [0.2, 0.25) is 0 Å². The first-order valence-electron chi connectivity index (χ1n) is 5.59. The lowest BCUT2D eigenvalue weighted by molar-refractivity contribution is 0.0710. The third kappa shape index (κ3) is 4.05. The van der Waals surface area contributed by atoms with Crippen molar-refractivity contribution in [2.24, 2.45) is 5.84 Å². The van der Waals surface area contributed by atoms with Crippen LogP contribution >= 0.6 is 0 Å². The van der Waals surface area contributed by atoms with Gasteiger partial charge in [0.1, 0.15) is 0 Å². The summed E-state index contributed by atoms with van der Waals surface area (Å²) in [5.41, 5.74) is 3.94. The number of likely N-dealkylation sites (N-methyl/N-ethyl adjacent to an activating group) is 1. The summed E-state index contributed by atoms with van der Waals surface area (Å²) in [6.45, 7) is 3.74. The molecule has 17 heavy (non-hydrogen) atoms. The maximum atomic E-state index is 12.0. The van der Waals surface area contributed by atoms with Gasteiger partial charge < -0.3 is 15.1 Å². The summed E-state index contributed by atoms with van der Waals surface area (Å²) < 4.78 is 5.21. The zero-order valence-electron chi connectivity index (χ0n) is 10.3. The van der Waals surface area contributed by atoms with Gasteiger partial charge in [-0.2, -0.15) is 0 Å². The van der Waals surface area contributed by atoms with E-state index in [0.29, 0.717) is 25.3 Å². The minimum atomic E-state index is -0.0201. The highest BCUT2D eigenvalue weighted by molar-refractivity contribution is 5.94. The Labute approximate surface area is 102 Å². The molecular weight excluding hydrogens is 218 g/mol. The third-order valence-corrected chi connectivity index (χ3v) is 2.42. The summed E-state index contributed by atoms with van der Waals surface area (Å²) in [5.74, 6) is 5.23. The number of amides is 1. The van der Waals surface area contributed by atoms with Gasteiger partial charge in [0.2, 0.25) is 0 Å². The van der Waals surface area contributed by atoms with E-state index in [4.69, 9.17) is 10.6 Å². The van der Waals surface area contributed by atoms with Crippen molar-refractivity contribution in [3.05, 3.63) is 29.8 Å². The highest BCUT2D eigenvalue weighted by Crippen LogP contribution is 2.09. The standard InChI is InChI=1S/C12H19N3O2/c1-3-17-9-8-15(2)12(16)10-4-6-11(14-13)7-5-10/h4-7,14H,3,8-9,13H2,1-2H3. The minimum absolute atomic E-state index is 0.0201. The topological polar surface area (TPSA) is 67.6 Å². The summed E-state index contributed by atoms with van der Waals surface area (Å²) in [5, 5.41) is 0. The molecule has 1 amide bonds. The summed E-state index contributed by atoms with van der Waals surface area (Å²) in [6, 6.07) is 7.02. The van der Waals surface area contributed by atoms with Crippen LogP contribution in [0.25, 0.3) is 0 Å². The maximum Gasteiger partial charge on any atom is 0.253 e. The fourth-order valence-corrected chi connectivity index (χ4v) is 1.38. The monoisotopic (exact) mass is 237 g/mol. The Hall–Kier alpha value is -1.59. The Kier molecular flexibility index (Phi) is 5.45. The van der Waals surface area contributed by atoms with E-state index in [1.165, 1.54) is 0 Å². The molecule has 0 bridgehead atoms. The van der Waals surface area contributed by atoms with Gasteiger partial charge in [-0.05, 0) is 31.2 Å². The Morgan fingerprint density at radius 2 is 2.06 bits per heavy atom. The molecule has 5 heteroatoms. The van der Waals surface area contributed by atoms with Crippen molar-refractivity contribution >= 4 is 11.6 Å². The van der Waals surface area contributed by atoms with Gasteiger partial charge in [0.25, 0.3) is 5.91 Å². The molecule has 0 unspecified atom stereocenters. The van der Waals surface area contributed by atoms with Crippen molar-refractivity contribution in [3.8, 4) is 0 Å². The highest BCUT2D eigenvalue weighted by atomic mass is 16.5. The van der Waals surface area contributed by atoms with Gasteiger partial charge in [0, 0.05) is 31.5 Å². The average molecular weight is 237 g/mol. The number of carbonyl (C=O) groups is 1. The Morgan fingerprint density at radius 1 is 1.41 bits per heavy atom. The van der Waals surface area contributed by atoms with E-state index in [0.717, 1.165) is 5.69 Å². The van der Waals surface area contributed by atoms with Gasteiger partial charge in [-0.15, -0.1) is 0 Å². The number of rotatable bonds is 6. The lowest BCUT2D eigenvalue weighted by atomic mass is 10.2. The van der Waals surface area contributed by atoms with Crippen LogP contribution in [0.5, 0.6) is 0 Å². The third-order valence-electron chi connectivity index (χ3n) is 2.42. The molecule has 0 aliphatic carbocycles. The molecule has 94 valence electrons. The van der Waals surface area contributed by atoms with Crippen LogP contribution < -0.4 is 11.3 Å². The predicted molar refractivity (Wildman–Crippen MR) is 67.7 cm³/mol. The lowest BCUT2D eigenvalue weighted by Crippen LogP contribution is -2.30. The quantitative estimate of drug-likeness (QED) is 0.441. The molecule has 0 fully saturated rings. The van der Waals surface area contributed by atoms with Gasteiger partial charge in [-0.3, -0.25) is 10.6 Å². The van der Waals surface area contributed by atoms with Crippen LogP contribution in [0.15, 0.2) is 24.3 Å². The summed E-state index contributed by atoms with van der Waals surface area (Å²) in [7, 11) is 1.76. The van der Waals surface area contributed by atoms with Crippen LogP contribution in [0.1, 0.15) is 17.3 Å². The second-order valence-corrected chi connectivity index (χ2v) is 3.65. The van der Waals surface area contributed by atoms with Crippen molar-refractivity contribution in [2.75, 3.05) is 32.2 Å². The molecule has 1 aromatic carbocycles. The highest BCUT2D eigenvalue weighted by Gasteiger charge is 2.10. The SMILES string of the molecule is CCOCCN(C)C(=O)c1ccc(NN)cc1. The summed E-state index contributed by atoms with van der Waals surface area (Å²) >= 11 is 0. The van der Waals surface area contributed by atoms with E-state index in [2.05, 4.69) is 5.43 Å². The second-order valence-electron chi connectivity index (χ2n) is 3.65. The van der Waals surface area contributed by atoms with Gasteiger partial charge in [0.15, 0.2) is 0 Å². The van der Waals surface area contributed by atoms with Gasteiger partial charge in [-0.25, -0.2) is 0 Å². The molecule has 0 heterocycles. The van der Waals surface area contributed by atoms with Crippen LogP contribution in [0.3, 0.4) is 0 Å². The Bertz CT molecular complexity index is 351. The molecule has 0 aliphatic rings. The number of benzene rings is 1. The number of hydrogen-bond donors (Lipinski definition) is 2. The van der Waals surface area contributed by atoms with E-state index in [1.54, 1.807) is 36.2 Å². The van der Waals surface area contributed by atoms with Crippen molar-refractivity contribution in [3.63, 3.8) is 0 Å². The van der Waals surface area contributed by atoms with Crippen LogP contribution in [0.4, 0.5) is 5.69 Å². The number of hydrazine groups is 1. The first-order chi connectivity index (χ1) is 8.19. The first kappa shape index (κ1) is 13.5. The molecule has 1 aromatic rings. The van der Waals surface area contributed by atoms with Gasteiger partial charge in [-0.1, -0.05) is 0 Å². The van der Waals surface area contributed by atoms with E-state index >= 15 is 0 Å². The number of carbonyl (C=O) groups excluding carboxylic acids is 1. The molecule has 0 radical (unpaired) electrons. The molecule has 3 N–H and O–H groups in total. The van der Waals surface area contributed by atoms with E-state index in [1.807, 2.05) is 6.92 Å². The minimum Gasteiger partial charge on any atom is -0.380 e. The van der Waals surface area contributed by atoms with Crippen molar-refractivity contribution in [1.82, 2.24) is 4.90 Å². The van der Waals surface area contributed by atoms with Crippen molar-refractivity contribution in [2.45, 2.75) is 6.92 Å². The van der Waals surface area contributed by atoms with Gasteiger partial charge in [0.05, 0.1) is 6.61 Å². The molecular formula is C12H19N3O2. The molecule has 0 saturated heterocycles. The van der Waals surface area contributed by atoms with E-state index in [-0.39, 0.29) is 5.91 Å². The molecule has 0 aromatic heterocycles. The summed E-state index contributed by atoms with van der Waals surface area (Å²) in [4.78, 5) is 13.6. The molecule has 5 nitrogen and oxygen atoms in total. The molecule has 0 atom stereocenters. The fraction of sp³-hybridized carbons (Fsp3) is 0.417. The largest absolute Gasteiger partial charge is 0.380 e. The van der Waals surface area contributed by atoms with Crippen molar-refractivity contribution < 1.29 is 9.53 Å². The number of nitrogens with zero attached hydrogens (tertiary/aromatic N) is 1. The number of nitrogens with two attached hydrogens (primary N) is 1. The number of ether oxygens (including phenoxy) is 1. The zero-order chi connectivity index (χ0) is 12.7. The van der Waals surface area contributed by atoms with Crippen LogP contribution in [-0.2, 0) is 4.74 Å². The smallest absolute Gasteiger partial charge is 0.253 e. The van der Waals surface area contributed by atoms with E-state index < -0.39 is 0 Å².